The highest BCUT2D eigenvalue weighted by Crippen LogP contribution is 2.32. The molecule has 0 aliphatic carbocycles. The maximum atomic E-state index is 10.8. The van der Waals surface area contributed by atoms with Crippen LogP contribution in [0.4, 0.5) is 5.69 Å². The van der Waals surface area contributed by atoms with E-state index in [1.54, 1.807) is 23.5 Å². The first kappa shape index (κ1) is 15.0. The summed E-state index contributed by atoms with van der Waals surface area (Å²) in [6.45, 7) is 2.46. The van der Waals surface area contributed by atoms with Crippen LogP contribution in [-0.4, -0.2) is 29.5 Å². The maximum absolute atomic E-state index is 10.8. The number of thiophene rings is 1. The van der Waals surface area contributed by atoms with Gasteiger partial charge in [0.1, 0.15) is 12.4 Å². The van der Waals surface area contributed by atoms with Crippen molar-refractivity contribution in [1.29, 1.82) is 0 Å². The lowest BCUT2D eigenvalue weighted by Gasteiger charge is -2.23. The van der Waals surface area contributed by atoms with Crippen LogP contribution in [0, 0.1) is 10.1 Å². The Morgan fingerprint density at radius 2 is 2.32 bits per heavy atom. The summed E-state index contributed by atoms with van der Waals surface area (Å²) in [5.41, 5.74) is 1.45. The van der Waals surface area contributed by atoms with E-state index < -0.39 is 4.92 Å². The highest BCUT2D eigenvalue weighted by atomic mass is 32.1. The normalized spacial score (nSPS) is 18.5. The van der Waals surface area contributed by atoms with Crippen molar-refractivity contribution in [1.82, 2.24) is 4.90 Å². The monoisotopic (exact) mass is 318 g/mol. The smallest absolute Gasteiger partial charge is 0.273 e. The van der Waals surface area contributed by atoms with Crippen LogP contribution in [-0.2, 0) is 0 Å². The average molecular weight is 318 g/mol. The van der Waals surface area contributed by atoms with Crippen molar-refractivity contribution < 1.29 is 9.66 Å². The lowest BCUT2D eigenvalue weighted by Crippen LogP contribution is -2.27. The van der Waals surface area contributed by atoms with Crippen LogP contribution in [0.3, 0.4) is 0 Å². The summed E-state index contributed by atoms with van der Waals surface area (Å²) in [6.07, 6.45) is 2.39. The van der Waals surface area contributed by atoms with Gasteiger partial charge in [-0.1, -0.05) is 6.07 Å². The predicted molar refractivity (Wildman–Crippen MR) is 86.5 cm³/mol. The van der Waals surface area contributed by atoms with Gasteiger partial charge in [0.05, 0.1) is 11.0 Å². The summed E-state index contributed by atoms with van der Waals surface area (Å²) in [6, 6.07) is 9.03. The number of benzene rings is 1. The summed E-state index contributed by atoms with van der Waals surface area (Å²) in [5.74, 6) is 0.556. The molecule has 1 atom stereocenters. The number of non-ortho nitro benzene ring substituents is 1. The molecule has 0 N–H and O–H groups in total. The molecule has 0 amide bonds. The quantitative estimate of drug-likeness (QED) is 0.599. The second kappa shape index (κ2) is 6.89. The van der Waals surface area contributed by atoms with E-state index in [1.165, 1.54) is 30.5 Å². The van der Waals surface area contributed by atoms with E-state index in [-0.39, 0.29) is 5.69 Å². The third-order valence-electron chi connectivity index (χ3n) is 3.97. The van der Waals surface area contributed by atoms with Crippen LogP contribution in [0.1, 0.15) is 24.4 Å². The first-order chi connectivity index (χ1) is 10.7. The highest BCUT2D eigenvalue weighted by Gasteiger charge is 2.25. The summed E-state index contributed by atoms with van der Waals surface area (Å²) in [4.78, 5) is 12.8. The zero-order valence-corrected chi connectivity index (χ0v) is 13.0. The van der Waals surface area contributed by atoms with Gasteiger partial charge in [-0.15, -0.1) is 0 Å². The Kier molecular flexibility index (Phi) is 4.70. The topological polar surface area (TPSA) is 55.6 Å². The van der Waals surface area contributed by atoms with E-state index in [2.05, 4.69) is 21.7 Å². The minimum Gasteiger partial charge on any atom is -0.492 e. The summed E-state index contributed by atoms with van der Waals surface area (Å²) in [5, 5.41) is 15.1. The van der Waals surface area contributed by atoms with Gasteiger partial charge >= 0.3 is 0 Å². The third-order valence-corrected chi connectivity index (χ3v) is 4.67. The van der Waals surface area contributed by atoms with E-state index >= 15 is 0 Å². The Balaban J connectivity index is 1.54. The summed E-state index contributed by atoms with van der Waals surface area (Å²) >= 11 is 1.73. The second-order valence-corrected chi connectivity index (χ2v) is 6.13. The lowest BCUT2D eigenvalue weighted by molar-refractivity contribution is -0.384. The average Bonchev–Trinajstić information content (AvgIpc) is 3.18. The Labute approximate surface area is 133 Å². The van der Waals surface area contributed by atoms with Gasteiger partial charge in [-0.25, -0.2) is 0 Å². The molecule has 0 bridgehead atoms. The molecule has 1 aromatic heterocycles. The SMILES string of the molecule is O=[N+]([O-])c1cccc(OCCN2CCCC2c2ccsc2)c1. The van der Waals surface area contributed by atoms with Crippen LogP contribution < -0.4 is 4.74 Å². The number of nitro groups is 1. The molecule has 2 heterocycles. The Morgan fingerprint density at radius 1 is 1.41 bits per heavy atom. The molecular formula is C16H18N2O3S. The zero-order valence-electron chi connectivity index (χ0n) is 12.2. The molecule has 1 fully saturated rings. The van der Waals surface area contributed by atoms with Crippen LogP contribution in [0.5, 0.6) is 5.75 Å². The van der Waals surface area contributed by atoms with E-state index in [9.17, 15) is 10.1 Å². The van der Waals surface area contributed by atoms with Crippen LogP contribution >= 0.6 is 11.3 Å². The van der Waals surface area contributed by atoms with Gasteiger partial charge in [-0.2, -0.15) is 11.3 Å². The standard InChI is InChI=1S/C16H18N2O3S/c19-18(20)14-3-1-4-15(11-14)21-9-8-17-7-2-5-16(17)13-6-10-22-12-13/h1,3-4,6,10-12,16H,2,5,7-9H2. The molecule has 1 saturated heterocycles. The predicted octanol–water partition coefficient (Wildman–Crippen LogP) is 3.87. The van der Waals surface area contributed by atoms with E-state index in [4.69, 9.17) is 4.74 Å². The summed E-state index contributed by atoms with van der Waals surface area (Å²) in [7, 11) is 0. The zero-order chi connectivity index (χ0) is 15.4. The fourth-order valence-corrected chi connectivity index (χ4v) is 3.61. The molecule has 0 radical (unpaired) electrons. The first-order valence-corrected chi connectivity index (χ1v) is 8.32. The van der Waals surface area contributed by atoms with Gasteiger partial charge in [0.2, 0.25) is 0 Å². The molecular weight excluding hydrogens is 300 g/mol. The molecule has 116 valence electrons. The molecule has 1 unspecified atom stereocenters. The van der Waals surface area contributed by atoms with Crippen molar-refractivity contribution in [3.8, 4) is 5.75 Å². The molecule has 3 rings (SSSR count). The fourth-order valence-electron chi connectivity index (χ4n) is 2.90. The number of nitrogens with zero attached hydrogens (tertiary/aromatic N) is 2. The molecule has 1 aliphatic heterocycles. The molecule has 5 nitrogen and oxygen atoms in total. The van der Waals surface area contributed by atoms with Gasteiger partial charge in [0.25, 0.3) is 5.69 Å². The Hall–Kier alpha value is -1.92. The molecule has 1 aliphatic rings. The minimum atomic E-state index is -0.403. The number of likely N-dealkylation sites (tertiary alicyclic amines) is 1. The van der Waals surface area contributed by atoms with Gasteiger partial charge in [0.15, 0.2) is 0 Å². The molecule has 2 aromatic rings. The lowest BCUT2D eigenvalue weighted by atomic mass is 10.1. The Morgan fingerprint density at radius 3 is 3.09 bits per heavy atom. The van der Waals surface area contributed by atoms with E-state index in [1.807, 2.05) is 0 Å². The van der Waals surface area contributed by atoms with Gasteiger partial charge < -0.3 is 4.74 Å². The molecule has 0 saturated carbocycles. The number of hydrogen-bond donors (Lipinski definition) is 0. The van der Waals surface area contributed by atoms with Crippen molar-refractivity contribution in [3.05, 3.63) is 56.8 Å². The second-order valence-electron chi connectivity index (χ2n) is 5.35. The number of rotatable bonds is 6. The highest BCUT2D eigenvalue weighted by molar-refractivity contribution is 7.07. The van der Waals surface area contributed by atoms with Crippen molar-refractivity contribution >= 4 is 17.0 Å². The van der Waals surface area contributed by atoms with E-state index in [0.29, 0.717) is 18.4 Å². The molecule has 22 heavy (non-hydrogen) atoms. The van der Waals surface area contributed by atoms with Crippen molar-refractivity contribution in [2.24, 2.45) is 0 Å². The van der Waals surface area contributed by atoms with Gasteiger partial charge in [-0.3, -0.25) is 15.0 Å². The number of ether oxygens (including phenoxy) is 1. The maximum Gasteiger partial charge on any atom is 0.273 e. The number of nitro benzene ring substituents is 1. The fraction of sp³-hybridized carbons (Fsp3) is 0.375. The van der Waals surface area contributed by atoms with Gasteiger partial charge in [0, 0.05) is 18.7 Å². The molecule has 0 spiro atoms. The molecule has 1 aromatic carbocycles. The minimum absolute atomic E-state index is 0.0647. The van der Waals surface area contributed by atoms with Crippen LogP contribution in [0.15, 0.2) is 41.1 Å². The third kappa shape index (κ3) is 3.45. The van der Waals surface area contributed by atoms with Crippen LogP contribution in [0.2, 0.25) is 0 Å². The first-order valence-electron chi connectivity index (χ1n) is 7.37. The van der Waals surface area contributed by atoms with Gasteiger partial charge in [-0.05, 0) is 47.8 Å². The summed E-state index contributed by atoms with van der Waals surface area (Å²) < 4.78 is 5.68. The van der Waals surface area contributed by atoms with Crippen molar-refractivity contribution in [3.63, 3.8) is 0 Å². The Bertz CT molecular complexity index is 630. The number of hydrogen-bond acceptors (Lipinski definition) is 5. The van der Waals surface area contributed by atoms with E-state index in [0.717, 1.165) is 13.1 Å². The van der Waals surface area contributed by atoms with Crippen molar-refractivity contribution in [2.45, 2.75) is 18.9 Å². The van der Waals surface area contributed by atoms with Crippen LogP contribution in [0.25, 0.3) is 0 Å². The van der Waals surface area contributed by atoms with Crippen molar-refractivity contribution in [2.75, 3.05) is 19.7 Å². The largest absolute Gasteiger partial charge is 0.492 e. The molecule has 6 heteroatoms.